The molecule has 2 aromatic carbocycles. The molecule has 1 aliphatic heterocycles. The Morgan fingerprint density at radius 2 is 1.62 bits per heavy atom. The number of hydrogen-bond donors (Lipinski definition) is 0. The highest BCUT2D eigenvalue weighted by Gasteiger charge is 2.24. The van der Waals surface area contributed by atoms with Gasteiger partial charge >= 0.3 is 17.9 Å². The van der Waals surface area contributed by atoms with Crippen molar-refractivity contribution in [3.8, 4) is 11.5 Å². The lowest BCUT2D eigenvalue weighted by Gasteiger charge is -2.10. The van der Waals surface area contributed by atoms with Gasteiger partial charge < -0.3 is 14.2 Å². The summed E-state index contributed by atoms with van der Waals surface area (Å²) in [6.07, 6.45) is 1.84. The van der Waals surface area contributed by atoms with Crippen LogP contribution < -0.4 is 9.47 Å². The Kier molecular flexibility index (Phi) is 6.19. The van der Waals surface area contributed by atoms with Crippen molar-refractivity contribution in [1.29, 1.82) is 0 Å². The third-order valence-electron chi connectivity index (χ3n) is 3.94. The molecule has 1 heterocycles. The van der Waals surface area contributed by atoms with E-state index in [2.05, 4.69) is 4.99 Å². The van der Waals surface area contributed by atoms with E-state index in [-0.39, 0.29) is 35.9 Å². The zero-order chi connectivity index (χ0) is 20.8. The topological polar surface area (TPSA) is 91.3 Å². The SMILES string of the molecule is CCC(=O)Oc1ccc(C=C2N=C(c3ccccc3)OC2=O)cc1OC(=O)CC. The highest BCUT2D eigenvalue weighted by Crippen LogP contribution is 2.31. The van der Waals surface area contributed by atoms with Crippen LogP contribution in [0.3, 0.4) is 0 Å². The van der Waals surface area contributed by atoms with Crippen molar-refractivity contribution in [2.24, 2.45) is 4.99 Å². The smallest absolute Gasteiger partial charge is 0.363 e. The van der Waals surface area contributed by atoms with E-state index in [1.165, 1.54) is 18.2 Å². The van der Waals surface area contributed by atoms with Gasteiger partial charge in [0.25, 0.3) is 0 Å². The molecule has 7 nitrogen and oxygen atoms in total. The van der Waals surface area contributed by atoms with Crippen LogP contribution in [0, 0.1) is 0 Å². The molecule has 7 heteroatoms. The third-order valence-corrected chi connectivity index (χ3v) is 3.94. The molecule has 0 saturated heterocycles. The summed E-state index contributed by atoms with van der Waals surface area (Å²) in [6, 6.07) is 13.7. The van der Waals surface area contributed by atoms with Crippen molar-refractivity contribution >= 4 is 29.9 Å². The van der Waals surface area contributed by atoms with Crippen LogP contribution in [0.5, 0.6) is 11.5 Å². The molecule has 0 N–H and O–H groups in total. The van der Waals surface area contributed by atoms with Gasteiger partial charge in [0.05, 0.1) is 0 Å². The largest absolute Gasteiger partial charge is 0.423 e. The van der Waals surface area contributed by atoms with Crippen LogP contribution in [0.1, 0.15) is 37.8 Å². The number of cyclic esters (lactones) is 1. The summed E-state index contributed by atoms with van der Waals surface area (Å²) in [5.41, 5.74) is 1.32. The molecule has 0 atom stereocenters. The molecule has 29 heavy (non-hydrogen) atoms. The van der Waals surface area contributed by atoms with E-state index in [1.807, 2.05) is 18.2 Å². The van der Waals surface area contributed by atoms with Crippen molar-refractivity contribution < 1.29 is 28.6 Å². The number of benzene rings is 2. The molecule has 0 bridgehead atoms. The lowest BCUT2D eigenvalue weighted by Crippen LogP contribution is -2.10. The number of carbonyl (C=O) groups is 3. The third kappa shape index (κ3) is 4.95. The molecule has 148 valence electrons. The van der Waals surface area contributed by atoms with Gasteiger partial charge in [0, 0.05) is 18.4 Å². The van der Waals surface area contributed by atoms with Crippen LogP contribution >= 0.6 is 0 Å². The van der Waals surface area contributed by atoms with Crippen molar-refractivity contribution in [3.63, 3.8) is 0 Å². The predicted molar refractivity (Wildman–Crippen MR) is 105 cm³/mol. The molecular formula is C22H19NO6. The van der Waals surface area contributed by atoms with Gasteiger partial charge in [-0.15, -0.1) is 0 Å². The Balaban J connectivity index is 1.92. The van der Waals surface area contributed by atoms with Crippen molar-refractivity contribution in [1.82, 2.24) is 0 Å². The fourth-order valence-corrected chi connectivity index (χ4v) is 2.44. The van der Waals surface area contributed by atoms with Gasteiger partial charge in [-0.1, -0.05) is 38.1 Å². The van der Waals surface area contributed by atoms with Gasteiger partial charge in [0.2, 0.25) is 5.90 Å². The Hall–Kier alpha value is -3.74. The van der Waals surface area contributed by atoms with Crippen molar-refractivity contribution in [3.05, 3.63) is 65.4 Å². The zero-order valence-corrected chi connectivity index (χ0v) is 16.0. The first kappa shape index (κ1) is 20.0. The molecule has 0 saturated carbocycles. The maximum absolute atomic E-state index is 12.2. The minimum atomic E-state index is -0.586. The van der Waals surface area contributed by atoms with E-state index in [4.69, 9.17) is 14.2 Å². The number of esters is 3. The summed E-state index contributed by atoms with van der Waals surface area (Å²) in [6.45, 7) is 3.31. The van der Waals surface area contributed by atoms with Gasteiger partial charge in [0.15, 0.2) is 17.2 Å². The fraction of sp³-hybridized carbons (Fsp3) is 0.182. The second-order valence-corrected chi connectivity index (χ2v) is 6.06. The maximum Gasteiger partial charge on any atom is 0.363 e. The van der Waals surface area contributed by atoms with Gasteiger partial charge in [-0.3, -0.25) is 9.59 Å². The Morgan fingerprint density at radius 3 is 2.28 bits per heavy atom. The highest BCUT2D eigenvalue weighted by atomic mass is 16.6. The van der Waals surface area contributed by atoms with Gasteiger partial charge in [-0.2, -0.15) is 0 Å². The maximum atomic E-state index is 12.2. The van der Waals surface area contributed by atoms with Gasteiger partial charge in [-0.25, -0.2) is 9.79 Å². The summed E-state index contributed by atoms with van der Waals surface area (Å²) < 4.78 is 15.7. The molecule has 0 fully saturated rings. The van der Waals surface area contributed by atoms with E-state index in [9.17, 15) is 14.4 Å². The molecule has 0 aromatic heterocycles. The van der Waals surface area contributed by atoms with E-state index in [0.29, 0.717) is 11.1 Å². The fourth-order valence-electron chi connectivity index (χ4n) is 2.44. The Labute approximate surface area is 167 Å². The number of aliphatic imine (C=N–C) groups is 1. The molecule has 0 radical (unpaired) electrons. The van der Waals surface area contributed by atoms with E-state index in [0.717, 1.165) is 0 Å². The summed E-state index contributed by atoms with van der Waals surface area (Å²) in [5.74, 6) is -1.09. The number of rotatable bonds is 6. The lowest BCUT2D eigenvalue weighted by molar-refractivity contribution is -0.136. The van der Waals surface area contributed by atoms with Gasteiger partial charge in [0.1, 0.15) is 0 Å². The normalized spacial score (nSPS) is 14.3. The van der Waals surface area contributed by atoms with Crippen LogP contribution in [-0.2, 0) is 19.1 Å². The second kappa shape index (κ2) is 8.97. The van der Waals surface area contributed by atoms with Crippen LogP contribution in [0.25, 0.3) is 6.08 Å². The quantitative estimate of drug-likeness (QED) is 0.423. The average molecular weight is 393 g/mol. The molecule has 0 unspecified atom stereocenters. The number of hydrogen-bond acceptors (Lipinski definition) is 7. The van der Waals surface area contributed by atoms with E-state index in [1.54, 1.807) is 32.0 Å². The molecule has 0 spiro atoms. The number of ether oxygens (including phenoxy) is 3. The zero-order valence-electron chi connectivity index (χ0n) is 16.0. The summed E-state index contributed by atoms with van der Waals surface area (Å²) >= 11 is 0. The average Bonchev–Trinajstić information content (AvgIpc) is 3.10. The lowest BCUT2D eigenvalue weighted by atomic mass is 10.1. The van der Waals surface area contributed by atoms with Crippen LogP contribution in [0.4, 0.5) is 0 Å². The van der Waals surface area contributed by atoms with Crippen molar-refractivity contribution in [2.75, 3.05) is 0 Å². The standard InChI is InChI=1S/C22H19NO6/c1-3-19(24)27-17-11-10-14(13-18(17)28-20(25)4-2)12-16-22(26)29-21(23-16)15-8-6-5-7-9-15/h5-13H,3-4H2,1-2H3. The van der Waals surface area contributed by atoms with Crippen LogP contribution in [0.2, 0.25) is 0 Å². The number of carbonyl (C=O) groups excluding carboxylic acids is 3. The van der Waals surface area contributed by atoms with Gasteiger partial charge in [-0.05, 0) is 35.9 Å². The molecular weight excluding hydrogens is 374 g/mol. The minimum absolute atomic E-state index is 0.0895. The van der Waals surface area contributed by atoms with Crippen LogP contribution in [0.15, 0.2) is 59.2 Å². The van der Waals surface area contributed by atoms with E-state index < -0.39 is 17.9 Å². The molecule has 0 aliphatic carbocycles. The number of nitrogens with zero attached hydrogens (tertiary/aromatic N) is 1. The first-order chi connectivity index (χ1) is 14.0. The predicted octanol–water partition coefficient (Wildman–Crippen LogP) is 3.66. The van der Waals surface area contributed by atoms with E-state index >= 15 is 0 Å². The van der Waals surface area contributed by atoms with Crippen LogP contribution in [-0.4, -0.2) is 23.8 Å². The van der Waals surface area contributed by atoms with Crippen molar-refractivity contribution in [2.45, 2.75) is 26.7 Å². The first-order valence-electron chi connectivity index (χ1n) is 9.13. The minimum Gasteiger partial charge on any atom is -0.423 e. The molecule has 2 aromatic rings. The molecule has 0 amide bonds. The molecule has 3 rings (SSSR count). The second-order valence-electron chi connectivity index (χ2n) is 6.06. The summed E-state index contributed by atoms with van der Waals surface area (Å²) in [4.78, 5) is 39.7. The first-order valence-corrected chi connectivity index (χ1v) is 9.13. The summed E-state index contributed by atoms with van der Waals surface area (Å²) in [5, 5.41) is 0. The summed E-state index contributed by atoms with van der Waals surface area (Å²) in [7, 11) is 0. The molecule has 1 aliphatic rings. The highest BCUT2D eigenvalue weighted by molar-refractivity contribution is 6.12. The Bertz CT molecular complexity index is 1010. The Morgan fingerprint density at radius 1 is 0.966 bits per heavy atom. The monoisotopic (exact) mass is 393 g/mol.